The van der Waals surface area contributed by atoms with E-state index in [9.17, 15) is 9.59 Å². The minimum absolute atomic E-state index is 0.0297. The molecule has 0 radical (unpaired) electrons. The highest BCUT2D eigenvalue weighted by Crippen LogP contribution is 2.44. The van der Waals surface area contributed by atoms with E-state index in [1.54, 1.807) is 13.2 Å². The first-order chi connectivity index (χ1) is 10.3. The third-order valence-corrected chi connectivity index (χ3v) is 4.10. The fraction of sp³-hybridized carbons (Fsp3) is 0.667. The van der Waals surface area contributed by atoms with Gasteiger partial charge in [-0.3, -0.25) is 19.9 Å². The Morgan fingerprint density at radius 1 is 1.64 bits per heavy atom. The number of rotatable bonds is 6. The van der Waals surface area contributed by atoms with E-state index < -0.39 is 5.54 Å². The smallest absolute Gasteiger partial charge is 0.232 e. The van der Waals surface area contributed by atoms with Crippen molar-refractivity contribution in [3.63, 3.8) is 0 Å². The van der Waals surface area contributed by atoms with Gasteiger partial charge in [0.05, 0.1) is 12.6 Å². The minimum Gasteiger partial charge on any atom is -0.381 e. The fourth-order valence-electron chi connectivity index (χ4n) is 2.96. The maximum atomic E-state index is 12.5. The molecule has 0 aromatic carbocycles. The monoisotopic (exact) mass is 308 g/mol. The lowest BCUT2D eigenvalue weighted by atomic mass is 9.95. The summed E-state index contributed by atoms with van der Waals surface area (Å²) in [5.74, 6) is -0.649. The van der Waals surface area contributed by atoms with Crippen molar-refractivity contribution in [3.8, 4) is 0 Å². The van der Waals surface area contributed by atoms with Crippen LogP contribution in [0.25, 0.3) is 0 Å². The molecule has 22 heavy (non-hydrogen) atoms. The van der Waals surface area contributed by atoms with Crippen LogP contribution in [0.15, 0.2) is 12.2 Å². The van der Waals surface area contributed by atoms with Crippen LogP contribution in [-0.4, -0.2) is 48.0 Å². The zero-order valence-corrected chi connectivity index (χ0v) is 13.3. The van der Waals surface area contributed by atoms with E-state index in [2.05, 4.69) is 5.32 Å². The Morgan fingerprint density at radius 3 is 2.82 bits per heavy atom. The molecule has 2 fully saturated rings. The van der Waals surface area contributed by atoms with Crippen molar-refractivity contribution in [2.45, 2.75) is 38.3 Å². The Bertz CT molecular complexity index is 495. The molecule has 2 amide bonds. The number of nitrogens with zero attached hydrogens (tertiary/aromatic N) is 1. The van der Waals surface area contributed by atoms with E-state index in [1.165, 1.54) is 4.90 Å². The Hall–Kier alpha value is -1.89. The number of carbonyl (C=O) groups is 2. The minimum atomic E-state index is -0.432. The van der Waals surface area contributed by atoms with Crippen LogP contribution in [0.4, 0.5) is 0 Å². The lowest BCUT2D eigenvalue weighted by molar-refractivity contribution is -0.132. The Labute approximate surface area is 130 Å². The van der Waals surface area contributed by atoms with E-state index >= 15 is 0 Å². The number of guanidine groups is 1. The number of primary amides is 1. The number of ether oxygens (including phenoxy) is 1. The van der Waals surface area contributed by atoms with Gasteiger partial charge in [-0.1, -0.05) is 12.2 Å². The second kappa shape index (κ2) is 6.08. The SMILES string of the molecule is COC/C=C/C([C@@H]1C[C@H]1C(N)=O)N1C(=N)NC(C)(C)CC1=O. The topological polar surface area (TPSA) is 109 Å². The molecule has 7 nitrogen and oxygen atoms in total. The van der Waals surface area contributed by atoms with Crippen LogP contribution >= 0.6 is 0 Å². The maximum absolute atomic E-state index is 12.5. The van der Waals surface area contributed by atoms with Gasteiger partial charge in [0, 0.05) is 25.0 Å². The van der Waals surface area contributed by atoms with Crippen LogP contribution < -0.4 is 11.1 Å². The number of nitrogens with one attached hydrogen (secondary N) is 2. The summed E-state index contributed by atoms with van der Waals surface area (Å²) in [5, 5.41) is 11.2. The number of hydrogen-bond donors (Lipinski definition) is 3. The summed E-state index contributed by atoms with van der Waals surface area (Å²) in [6.07, 6.45) is 4.60. The molecule has 4 N–H and O–H groups in total. The molecule has 1 heterocycles. The largest absolute Gasteiger partial charge is 0.381 e. The summed E-state index contributed by atoms with van der Waals surface area (Å²) in [7, 11) is 1.58. The van der Waals surface area contributed by atoms with Crippen LogP contribution in [0.5, 0.6) is 0 Å². The number of amides is 2. The summed E-state index contributed by atoms with van der Waals surface area (Å²) in [5.41, 5.74) is 4.93. The predicted molar refractivity (Wildman–Crippen MR) is 82.0 cm³/mol. The highest BCUT2D eigenvalue weighted by molar-refractivity contribution is 5.99. The molecule has 2 aliphatic rings. The van der Waals surface area contributed by atoms with Gasteiger partial charge in [0.2, 0.25) is 11.8 Å². The van der Waals surface area contributed by atoms with Crippen LogP contribution in [-0.2, 0) is 14.3 Å². The Balaban J connectivity index is 2.20. The zero-order valence-electron chi connectivity index (χ0n) is 13.3. The Kier molecular flexibility index (Phi) is 4.55. The summed E-state index contributed by atoms with van der Waals surface area (Å²) in [4.78, 5) is 25.3. The average molecular weight is 308 g/mol. The molecule has 0 spiro atoms. The molecule has 1 saturated carbocycles. The molecule has 1 aliphatic carbocycles. The highest BCUT2D eigenvalue weighted by Gasteiger charge is 2.51. The summed E-state index contributed by atoms with van der Waals surface area (Å²) in [6.45, 7) is 4.19. The quantitative estimate of drug-likeness (QED) is 0.610. The highest BCUT2D eigenvalue weighted by atomic mass is 16.5. The zero-order chi connectivity index (χ0) is 16.5. The van der Waals surface area contributed by atoms with Gasteiger partial charge < -0.3 is 15.8 Å². The van der Waals surface area contributed by atoms with Gasteiger partial charge in [-0.05, 0) is 26.2 Å². The number of methoxy groups -OCH3 is 1. The van der Waals surface area contributed by atoms with Crippen molar-refractivity contribution in [2.24, 2.45) is 17.6 Å². The molecular formula is C15H24N4O3. The molecular weight excluding hydrogens is 284 g/mol. The molecule has 1 aliphatic heterocycles. The first-order valence-corrected chi connectivity index (χ1v) is 7.40. The lowest BCUT2D eigenvalue weighted by Crippen LogP contribution is -2.62. The van der Waals surface area contributed by atoms with E-state index in [4.69, 9.17) is 15.9 Å². The lowest BCUT2D eigenvalue weighted by Gasteiger charge is -2.41. The maximum Gasteiger partial charge on any atom is 0.232 e. The molecule has 1 unspecified atom stereocenters. The van der Waals surface area contributed by atoms with Crippen molar-refractivity contribution >= 4 is 17.8 Å². The van der Waals surface area contributed by atoms with Crippen LogP contribution in [0.1, 0.15) is 26.7 Å². The third kappa shape index (κ3) is 3.47. The van der Waals surface area contributed by atoms with Crippen LogP contribution in [0, 0.1) is 17.2 Å². The molecule has 1 saturated heterocycles. The number of nitrogens with two attached hydrogens (primary N) is 1. The van der Waals surface area contributed by atoms with Gasteiger partial charge in [0.25, 0.3) is 0 Å². The summed E-state index contributed by atoms with van der Waals surface area (Å²) >= 11 is 0. The first kappa shape index (κ1) is 16.5. The first-order valence-electron chi connectivity index (χ1n) is 7.40. The van der Waals surface area contributed by atoms with Crippen molar-refractivity contribution in [1.29, 1.82) is 5.41 Å². The van der Waals surface area contributed by atoms with Crippen LogP contribution in [0.2, 0.25) is 0 Å². The van der Waals surface area contributed by atoms with E-state index in [0.29, 0.717) is 19.4 Å². The average Bonchev–Trinajstić information content (AvgIpc) is 3.14. The van der Waals surface area contributed by atoms with Gasteiger partial charge in [0.15, 0.2) is 5.96 Å². The fourth-order valence-corrected chi connectivity index (χ4v) is 2.96. The molecule has 122 valence electrons. The van der Waals surface area contributed by atoms with Gasteiger partial charge in [-0.2, -0.15) is 0 Å². The van der Waals surface area contributed by atoms with Crippen molar-refractivity contribution in [2.75, 3.05) is 13.7 Å². The second-order valence-electron chi connectivity index (χ2n) is 6.58. The van der Waals surface area contributed by atoms with Crippen molar-refractivity contribution in [3.05, 3.63) is 12.2 Å². The normalized spacial score (nSPS) is 28.6. The van der Waals surface area contributed by atoms with E-state index in [1.807, 2.05) is 19.9 Å². The van der Waals surface area contributed by atoms with Crippen LogP contribution in [0.3, 0.4) is 0 Å². The molecule has 0 bridgehead atoms. The molecule has 0 aromatic rings. The third-order valence-electron chi connectivity index (χ3n) is 4.10. The van der Waals surface area contributed by atoms with Crippen molar-refractivity contribution in [1.82, 2.24) is 10.2 Å². The molecule has 3 atom stereocenters. The van der Waals surface area contributed by atoms with Gasteiger partial charge in [-0.15, -0.1) is 0 Å². The predicted octanol–water partition coefficient (Wildman–Crippen LogP) is 0.214. The molecule has 0 aromatic heterocycles. The molecule has 2 rings (SSSR count). The Morgan fingerprint density at radius 2 is 2.32 bits per heavy atom. The second-order valence-corrected chi connectivity index (χ2v) is 6.58. The van der Waals surface area contributed by atoms with Gasteiger partial charge in [-0.25, -0.2) is 0 Å². The standard InChI is InChI=1S/C15H24N4O3/c1-15(2)8-12(20)19(14(17)18-15)11(5-4-6-22-3)9-7-10(9)13(16)21/h4-5,9-11H,6-8H2,1-3H3,(H2,16,21)(H2,17,18)/b5-4+/t9-,10-,11?/m1/s1. The summed E-state index contributed by atoms with van der Waals surface area (Å²) in [6, 6.07) is -0.337. The number of hydrogen-bond acceptors (Lipinski definition) is 4. The van der Waals surface area contributed by atoms with Crippen molar-refractivity contribution < 1.29 is 14.3 Å². The van der Waals surface area contributed by atoms with E-state index in [-0.39, 0.29) is 35.7 Å². The summed E-state index contributed by atoms with van der Waals surface area (Å²) < 4.78 is 4.99. The van der Waals surface area contributed by atoms with Gasteiger partial charge >= 0.3 is 0 Å². The number of carbonyl (C=O) groups excluding carboxylic acids is 2. The molecule has 7 heteroatoms. The van der Waals surface area contributed by atoms with E-state index in [0.717, 1.165) is 0 Å². The van der Waals surface area contributed by atoms with Gasteiger partial charge in [0.1, 0.15) is 0 Å².